The maximum atomic E-state index is 12.1. The second kappa shape index (κ2) is 6.77. The average molecular weight is 333 g/mol. The van der Waals surface area contributed by atoms with Gasteiger partial charge in [-0.25, -0.2) is 4.79 Å². The highest BCUT2D eigenvalue weighted by Crippen LogP contribution is 2.26. The van der Waals surface area contributed by atoms with Crippen molar-refractivity contribution in [2.24, 2.45) is 0 Å². The molecule has 1 atom stereocenters. The number of anilines is 2. The Labute approximate surface area is 135 Å². The van der Waals surface area contributed by atoms with Gasteiger partial charge in [0.15, 0.2) is 0 Å². The Kier molecular flexibility index (Phi) is 4.78. The van der Waals surface area contributed by atoms with Crippen LogP contribution in [0.15, 0.2) is 29.1 Å². The molecule has 0 spiro atoms. The number of nitrogen functional groups attached to an aromatic ring is 2. The number of aromatic amines is 1. The Morgan fingerprint density at radius 2 is 2.00 bits per heavy atom. The van der Waals surface area contributed by atoms with Crippen LogP contribution in [-0.2, 0) is 4.74 Å². The van der Waals surface area contributed by atoms with Crippen LogP contribution in [0, 0.1) is 10.1 Å². The molecule has 1 heterocycles. The number of carbonyl (C=O) groups excluding carboxylic acids is 1. The van der Waals surface area contributed by atoms with Crippen molar-refractivity contribution in [1.29, 1.82) is 0 Å². The maximum absolute atomic E-state index is 12.1. The number of methoxy groups -OCH3 is 1. The minimum absolute atomic E-state index is 0.0493. The molecule has 5 N–H and O–H groups in total. The second-order valence-electron chi connectivity index (χ2n) is 4.93. The first-order valence-electron chi connectivity index (χ1n) is 6.78. The van der Waals surface area contributed by atoms with Crippen LogP contribution in [0.3, 0.4) is 0 Å². The van der Waals surface area contributed by atoms with Crippen LogP contribution in [0.1, 0.15) is 27.4 Å². The first-order chi connectivity index (χ1) is 11.3. The Hall–Kier alpha value is -3.43. The molecule has 0 saturated heterocycles. The zero-order valence-electron chi connectivity index (χ0n) is 12.7. The fraction of sp³-hybridized carbons (Fsp3) is 0.214. The van der Waals surface area contributed by atoms with E-state index in [1.54, 1.807) is 0 Å². The minimum atomic E-state index is -0.941. The summed E-state index contributed by atoms with van der Waals surface area (Å²) >= 11 is 0. The Morgan fingerprint density at radius 1 is 1.38 bits per heavy atom. The normalized spacial score (nSPS) is 11.7. The van der Waals surface area contributed by atoms with Gasteiger partial charge in [0.1, 0.15) is 5.82 Å². The van der Waals surface area contributed by atoms with Crippen LogP contribution in [-0.4, -0.2) is 34.5 Å². The molecule has 2 aromatic rings. The van der Waals surface area contributed by atoms with E-state index in [9.17, 15) is 19.7 Å². The molecule has 0 bridgehead atoms. The summed E-state index contributed by atoms with van der Waals surface area (Å²) in [7, 11) is 1.24. The van der Waals surface area contributed by atoms with E-state index in [0.29, 0.717) is 5.56 Å². The number of hydrogen-bond acceptors (Lipinski definition) is 8. The highest BCUT2D eigenvalue weighted by Gasteiger charge is 2.26. The van der Waals surface area contributed by atoms with E-state index in [4.69, 9.17) is 11.5 Å². The van der Waals surface area contributed by atoms with Crippen molar-refractivity contribution in [1.82, 2.24) is 9.97 Å². The highest BCUT2D eigenvalue weighted by molar-refractivity contribution is 5.89. The third-order valence-electron chi connectivity index (χ3n) is 3.42. The Balaban J connectivity index is 2.52. The first-order valence-corrected chi connectivity index (χ1v) is 6.78. The zero-order chi connectivity index (χ0) is 17.9. The molecule has 24 heavy (non-hydrogen) atoms. The summed E-state index contributed by atoms with van der Waals surface area (Å²) in [6.45, 7) is -0.573. The van der Waals surface area contributed by atoms with Crippen molar-refractivity contribution in [2.45, 2.75) is 5.92 Å². The third kappa shape index (κ3) is 3.48. The van der Waals surface area contributed by atoms with Gasteiger partial charge in [-0.15, -0.1) is 0 Å². The number of esters is 1. The monoisotopic (exact) mass is 333 g/mol. The highest BCUT2D eigenvalue weighted by atomic mass is 16.6. The molecule has 0 aliphatic carbocycles. The number of nitrogens with two attached hydrogens (primary N) is 2. The molecule has 2 rings (SSSR count). The van der Waals surface area contributed by atoms with Gasteiger partial charge in [-0.1, -0.05) is 12.1 Å². The Bertz CT molecular complexity index is 830. The average Bonchev–Trinajstić information content (AvgIpc) is 2.52. The molecular weight excluding hydrogens is 318 g/mol. The molecule has 0 amide bonds. The SMILES string of the molecule is COC(=O)c1ccc(C(C[N+](=O)[O-])c2c(N)nc(N)[nH]c2=O)cc1. The van der Waals surface area contributed by atoms with Crippen molar-refractivity contribution in [3.63, 3.8) is 0 Å². The number of H-pyrrole nitrogens is 1. The Morgan fingerprint density at radius 3 is 2.50 bits per heavy atom. The third-order valence-corrected chi connectivity index (χ3v) is 3.42. The number of nitrogens with zero attached hydrogens (tertiary/aromatic N) is 2. The molecule has 0 aliphatic rings. The summed E-state index contributed by atoms with van der Waals surface area (Å²) < 4.78 is 4.59. The van der Waals surface area contributed by atoms with Crippen molar-refractivity contribution in [3.05, 3.63) is 61.4 Å². The number of hydrogen-bond donors (Lipinski definition) is 3. The molecule has 1 aromatic carbocycles. The van der Waals surface area contributed by atoms with E-state index in [1.807, 2.05) is 0 Å². The standard InChI is InChI=1S/C14H15N5O5/c1-24-13(21)8-4-2-7(3-5-8)9(6-19(22)23)10-11(15)17-14(16)18-12(10)20/h2-5,9H,6H2,1H3,(H5,15,16,17,18,20). The molecular formula is C14H15N5O5. The van der Waals surface area contributed by atoms with Gasteiger partial charge in [0, 0.05) is 4.92 Å². The summed E-state index contributed by atoms with van der Waals surface area (Å²) in [4.78, 5) is 40.1. The van der Waals surface area contributed by atoms with Crippen LogP contribution in [0.25, 0.3) is 0 Å². The molecule has 10 heteroatoms. The summed E-state index contributed by atoms with van der Waals surface area (Å²) in [5.74, 6) is -1.84. The predicted molar refractivity (Wildman–Crippen MR) is 85.2 cm³/mol. The van der Waals surface area contributed by atoms with Gasteiger partial charge in [-0.05, 0) is 17.7 Å². The van der Waals surface area contributed by atoms with Crippen LogP contribution in [0.2, 0.25) is 0 Å². The smallest absolute Gasteiger partial charge is 0.337 e. The largest absolute Gasteiger partial charge is 0.465 e. The fourth-order valence-corrected chi connectivity index (χ4v) is 2.34. The van der Waals surface area contributed by atoms with Crippen molar-refractivity contribution < 1.29 is 14.5 Å². The quantitative estimate of drug-likeness (QED) is 0.394. The number of benzene rings is 1. The minimum Gasteiger partial charge on any atom is -0.465 e. The molecule has 0 fully saturated rings. The summed E-state index contributed by atoms with van der Waals surface area (Å²) in [5.41, 5.74) is 11.1. The molecule has 0 radical (unpaired) electrons. The number of nitrogens with one attached hydrogen (secondary N) is 1. The van der Waals surface area contributed by atoms with Crippen LogP contribution in [0.4, 0.5) is 11.8 Å². The van der Waals surface area contributed by atoms with E-state index >= 15 is 0 Å². The van der Waals surface area contributed by atoms with Crippen LogP contribution >= 0.6 is 0 Å². The number of aromatic nitrogens is 2. The van der Waals surface area contributed by atoms with Gasteiger partial charge < -0.3 is 16.2 Å². The molecule has 1 aromatic heterocycles. The van der Waals surface area contributed by atoms with Crippen LogP contribution < -0.4 is 17.0 Å². The van der Waals surface area contributed by atoms with Crippen molar-refractivity contribution >= 4 is 17.7 Å². The summed E-state index contributed by atoms with van der Waals surface area (Å²) in [6.07, 6.45) is 0. The van der Waals surface area contributed by atoms with Crippen LogP contribution in [0.5, 0.6) is 0 Å². The topological polar surface area (TPSA) is 167 Å². The second-order valence-corrected chi connectivity index (χ2v) is 4.93. The molecule has 126 valence electrons. The van der Waals surface area contributed by atoms with Crippen molar-refractivity contribution in [3.8, 4) is 0 Å². The van der Waals surface area contributed by atoms with Gasteiger partial charge in [0.25, 0.3) is 5.56 Å². The number of ether oxygens (including phenoxy) is 1. The number of rotatable bonds is 5. The van der Waals surface area contributed by atoms with E-state index in [0.717, 1.165) is 0 Å². The molecule has 10 nitrogen and oxygen atoms in total. The lowest BCUT2D eigenvalue weighted by Crippen LogP contribution is -2.26. The predicted octanol–water partition coefficient (Wildman–Crippen LogP) is 0.130. The van der Waals surface area contributed by atoms with Gasteiger partial charge in [0.2, 0.25) is 12.5 Å². The van der Waals surface area contributed by atoms with E-state index < -0.39 is 28.9 Å². The first kappa shape index (κ1) is 16.9. The fourth-order valence-electron chi connectivity index (χ4n) is 2.34. The van der Waals surface area contributed by atoms with Crippen molar-refractivity contribution in [2.75, 3.05) is 25.1 Å². The van der Waals surface area contributed by atoms with Gasteiger partial charge >= 0.3 is 5.97 Å². The lowest BCUT2D eigenvalue weighted by atomic mass is 9.91. The lowest BCUT2D eigenvalue weighted by molar-refractivity contribution is -0.481. The molecule has 1 unspecified atom stereocenters. The van der Waals surface area contributed by atoms with Gasteiger partial charge in [-0.2, -0.15) is 4.98 Å². The summed E-state index contributed by atoms with van der Waals surface area (Å²) in [6, 6.07) is 5.89. The van der Waals surface area contributed by atoms with E-state index in [2.05, 4.69) is 14.7 Å². The van der Waals surface area contributed by atoms with E-state index in [-0.39, 0.29) is 22.9 Å². The van der Waals surface area contributed by atoms with Gasteiger partial charge in [-0.3, -0.25) is 19.9 Å². The van der Waals surface area contributed by atoms with E-state index in [1.165, 1.54) is 31.4 Å². The molecule has 0 saturated carbocycles. The summed E-state index contributed by atoms with van der Waals surface area (Å²) in [5, 5.41) is 11.0. The number of nitro groups is 1. The molecule has 0 aliphatic heterocycles. The maximum Gasteiger partial charge on any atom is 0.337 e. The zero-order valence-corrected chi connectivity index (χ0v) is 12.7. The lowest BCUT2D eigenvalue weighted by Gasteiger charge is -2.15. The van der Waals surface area contributed by atoms with Gasteiger partial charge in [0.05, 0.1) is 24.2 Å². The number of carbonyl (C=O) groups is 1.